The lowest BCUT2D eigenvalue weighted by molar-refractivity contribution is -0.502. The normalized spacial score (nSPS) is 21.8. The van der Waals surface area contributed by atoms with Crippen molar-refractivity contribution in [1.82, 2.24) is 29.8 Å². The van der Waals surface area contributed by atoms with Crippen LogP contribution in [0.5, 0.6) is 0 Å². The summed E-state index contributed by atoms with van der Waals surface area (Å²) in [6, 6.07) is 3.04. The molecule has 1 aromatic carbocycles. The molecule has 0 bridgehead atoms. The van der Waals surface area contributed by atoms with Gasteiger partial charge in [-0.2, -0.15) is 5.10 Å². The predicted octanol–water partition coefficient (Wildman–Crippen LogP) is 4.70. The quantitative estimate of drug-likeness (QED) is 0.236. The van der Waals surface area contributed by atoms with Gasteiger partial charge in [0.05, 0.1) is 32.5 Å². The highest BCUT2D eigenvalue weighted by Crippen LogP contribution is 2.44. The fraction of sp³-hybridized carbons (Fsp3) is 0.655. The fourth-order valence-electron chi connectivity index (χ4n) is 5.45. The van der Waals surface area contributed by atoms with Gasteiger partial charge in [0.2, 0.25) is 5.79 Å². The third kappa shape index (κ3) is 7.75. The maximum atomic E-state index is 14.8. The Balaban J connectivity index is 1.43. The summed E-state index contributed by atoms with van der Waals surface area (Å²) in [4.78, 5) is 15.8. The van der Waals surface area contributed by atoms with E-state index < -0.39 is 23.0 Å². The maximum Gasteiger partial charge on any atom is 0.203 e. The number of aliphatic hydroxyl groups is 1. The van der Waals surface area contributed by atoms with Gasteiger partial charge in [-0.1, -0.05) is 50.8 Å². The van der Waals surface area contributed by atoms with Gasteiger partial charge in [-0.05, 0) is 32.3 Å². The molecule has 1 aliphatic rings. The molecule has 0 amide bonds. The first-order valence-electron chi connectivity index (χ1n) is 14.5. The van der Waals surface area contributed by atoms with Gasteiger partial charge < -0.3 is 14.6 Å². The molecule has 1 aliphatic heterocycles. The van der Waals surface area contributed by atoms with E-state index in [1.807, 2.05) is 6.92 Å². The van der Waals surface area contributed by atoms with Crippen LogP contribution in [0.1, 0.15) is 77.0 Å². The Kier molecular flexibility index (Phi) is 10.8. The predicted molar refractivity (Wildman–Crippen MR) is 147 cm³/mol. The standard InChI is InChI=1S/C29H42F2N6O5/c1-5-7-11-28(12-8-6-2)14-22(27(3,39-4)41-42-28)16-40-17-24-15-36(35-34-24)18-29(38,19-37-21-32-20-33-37)25-10-9-23(30)13-26(25)31/h9-10,13,15,20-22,38H,5-8,11-12,14,16-19H2,1-4H3/t22-,27-,29?/m0/s1. The number of methoxy groups -OCH3 is 1. The summed E-state index contributed by atoms with van der Waals surface area (Å²) < 4.78 is 42.9. The molecular formula is C29H42F2N6O5. The van der Waals surface area contributed by atoms with Crippen molar-refractivity contribution in [1.29, 1.82) is 0 Å². The molecule has 3 aromatic rings. The summed E-state index contributed by atoms with van der Waals surface area (Å²) in [6.45, 7) is 6.36. The van der Waals surface area contributed by atoms with Gasteiger partial charge >= 0.3 is 0 Å². The highest BCUT2D eigenvalue weighted by molar-refractivity contribution is 5.25. The molecule has 42 heavy (non-hydrogen) atoms. The average Bonchev–Trinajstić information content (AvgIpc) is 3.64. The molecule has 1 unspecified atom stereocenters. The Morgan fingerprint density at radius 2 is 1.86 bits per heavy atom. The molecular weight excluding hydrogens is 550 g/mol. The summed E-state index contributed by atoms with van der Waals surface area (Å²) in [5.41, 5.74) is -1.78. The minimum Gasteiger partial charge on any atom is -0.381 e. The molecule has 0 aliphatic carbocycles. The van der Waals surface area contributed by atoms with E-state index in [9.17, 15) is 13.9 Å². The monoisotopic (exact) mass is 592 g/mol. The number of unbranched alkanes of at least 4 members (excludes halogenated alkanes) is 2. The summed E-state index contributed by atoms with van der Waals surface area (Å²) in [5, 5.41) is 23.9. The molecule has 1 fully saturated rings. The van der Waals surface area contributed by atoms with Crippen LogP contribution in [0.4, 0.5) is 8.78 Å². The van der Waals surface area contributed by atoms with Crippen LogP contribution < -0.4 is 0 Å². The van der Waals surface area contributed by atoms with Crippen molar-refractivity contribution >= 4 is 0 Å². The zero-order valence-corrected chi connectivity index (χ0v) is 24.8. The molecule has 0 saturated carbocycles. The smallest absolute Gasteiger partial charge is 0.203 e. The zero-order valence-electron chi connectivity index (χ0n) is 24.8. The molecule has 3 heterocycles. The Labute approximate surface area is 245 Å². The third-order valence-electron chi connectivity index (χ3n) is 8.02. The summed E-state index contributed by atoms with van der Waals surface area (Å²) in [7, 11) is 1.59. The van der Waals surface area contributed by atoms with Crippen LogP contribution in [0.3, 0.4) is 0 Å². The second-order valence-corrected chi connectivity index (χ2v) is 11.3. The maximum absolute atomic E-state index is 14.8. The lowest BCUT2D eigenvalue weighted by atomic mass is 9.79. The van der Waals surface area contributed by atoms with E-state index in [4.69, 9.17) is 19.2 Å². The first-order chi connectivity index (χ1) is 20.1. The Morgan fingerprint density at radius 3 is 2.50 bits per heavy atom. The number of hydrogen-bond donors (Lipinski definition) is 1. The van der Waals surface area contributed by atoms with Crippen LogP contribution in [0.2, 0.25) is 0 Å². The Morgan fingerprint density at radius 1 is 1.12 bits per heavy atom. The lowest BCUT2D eigenvalue weighted by Crippen LogP contribution is -2.54. The number of halogens is 2. The molecule has 13 heteroatoms. The third-order valence-corrected chi connectivity index (χ3v) is 8.02. The number of ether oxygens (including phenoxy) is 2. The number of benzene rings is 1. The first-order valence-corrected chi connectivity index (χ1v) is 14.5. The minimum atomic E-state index is -1.82. The van der Waals surface area contributed by atoms with Gasteiger partial charge in [0.25, 0.3) is 0 Å². The molecule has 0 spiro atoms. The molecule has 3 atom stereocenters. The van der Waals surface area contributed by atoms with Crippen molar-refractivity contribution in [2.45, 2.75) is 102 Å². The van der Waals surface area contributed by atoms with Gasteiger partial charge in [-0.25, -0.2) is 32.9 Å². The lowest BCUT2D eigenvalue weighted by Gasteiger charge is -2.47. The molecule has 1 saturated heterocycles. The van der Waals surface area contributed by atoms with Crippen LogP contribution >= 0.6 is 0 Å². The van der Waals surface area contributed by atoms with Gasteiger partial charge in [0.1, 0.15) is 41.2 Å². The largest absolute Gasteiger partial charge is 0.381 e. The number of aromatic nitrogens is 6. The Hall–Kier alpha value is -2.84. The van der Waals surface area contributed by atoms with Crippen LogP contribution in [-0.2, 0) is 44.5 Å². The molecule has 11 nitrogen and oxygen atoms in total. The van der Waals surface area contributed by atoms with Crippen LogP contribution in [0.15, 0.2) is 37.1 Å². The molecule has 1 N–H and O–H groups in total. The van der Waals surface area contributed by atoms with Gasteiger partial charge in [-0.3, -0.25) is 0 Å². The average molecular weight is 593 g/mol. The highest BCUT2D eigenvalue weighted by Gasteiger charge is 2.50. The van der Waals surface area contributed by atoms with Crippen LogP contribution in [0.25, 0.3) is 0 Å². The van der Waals surface area contributed by atoms with E-state index in [2.05, 4.69) is 34.2 Å². The molecule has 4 rings (SSSR count). The van der Waals surface area contributed by atoms with E-state index in [1.54, 1.807) is 13.3 Å². The van der Waals surface area contributed by atoms with Crippen molar-refractivity contribution in [3.8, 4) is 0 Å². The van der Waals surface area contributed by atoms with E-state index >= 15 is 0 Å². The molecule has 0 radical (unpaired) electrons. The van der Waals surface area contributed by atoms with Gasteiger partial charge in [0.15, 0.2) is 0 Å². The van der Waals surface area contributed by atoms with Gasteiger partial charge in [0, 0.05) is 24.7 Å². The van der Waals surface area contributed by atoms with Crippen molar-refractivity contribution in [3.05, 3.63) is 59.9 Å². The van der Waals surface area contributed by atoms with Crippen LogP contribution in [-0.4, -0.2) is 60.0 Å². The highest BCUT2D eigenvalue weighted by atomic mass is 19.1. The second kappa shape index (κ2) is 14.1. The first kappa shape index (κ1) is 32.1. The van der Waals surface area contributed by atoms with E-state index in [0.29, 0.717) is 12.3 Å². The number of hydrogen-bond acceptors (Lipinski definition) is 9. The van der Waals surface area contributed by atoms with E-state index in [1.165, 1.54) is 28.1 Å². The topological polar surface area (TPSA) is 119 Å². The SMILES string of the molecule is CCCCC1(CCCC)C[C@@H](COCc2cn(CC(O)(Cn3cncn3)c3ccc(F)cc3F)nn2)[C@@](C)(OC)OO1. The summed E-state index contributed by atoms with van der Waals surface area (Å²) in [5.74, 6) is -2.67. The van der Waals surface area contributed by atoms with Crippen molar-refractivity contribution < 1.29 is 33.1 Å². The number of rotatable bonds is 16. The van der Waals surface area contributed by atoms with E-state index in [0.717, 1.165) is 57.1 Å². The zero-order chi connectivity index (χ0) is 30.2. The molecule has 2 aromatic heterocycles. The summed E-state index contributed by atoms with van der Waals surface area (Å²) >= 11 is 0. The van der Waals surface area contributed by atoms with Crippen LogP contribution in [0, 0.1) is 17.6 Å². The van der Waals surface area contributed by atoms with Crippen molar-refractivity contribution in [2.75, 3.05) is 13.7 Å². The van der Waals surface area contributed by atoms with E-state index in [-0.39, 0.29) is 36.8 Å². The van der Waals surface area contributed by atoms with Gasteiger partial charge in [-0.15, -0.1) is 5.10 Å². The van der Waals surface area contributed by atoms with Crippen molar-refractivity contribution in [2.24, 2.45) is 5.92 Å². The summed E-state index contributed by atoms with van der Waals surface area (Å²) in [6.07, 6.45) is 11.1. The second-order valence-electron chi connectivity index (χ2n) is 11.3. The number of nitrogens with zero attached hydrogens (tertiary/aromatic N) is 6. The Bertz CT molecular complexity index is 1250. The molecule has 232 valence electrons. The fourth-order valence-corrected chi connectivity index (χ4v) is 5.45. The van der Waals surface area contributed by atoms with Crippen molar-refractivity contribution in [3.63, 3.8) is 0 Å². The minimum absolute atomic E-state index is 0.0887.